The smallest absolute Gasteiger partial charge is 0.0422 e. The lowest BCUT2D eigenvalue weighted by Crippen LogP contribution is -2.22. The molecule has 1 atom stereocenters. The first-order valence-corrected chi connectivity index (χ1v) is 8.63. The zero-order valence-corrected chi connectivity index (χ0v) is 12.9. The van der Waals surface area contributed by atoms with E-state index in [1.165, 1.54) is 51.4 Å². The number of unbranched alkanes of at least 4 members (excludes halogenated alkanes) is 4. The van der Waals surface area contributed by atoms with Gasteiger partial charge in [0.05, 0.1) is 0 Å². The molecule has 1 unspecified atom stereocenters. The monoisotopic (exact) mass is 273 g/mol. The number of carboxylic acids is 1. The third-order valence-corrected chi connectivity index (χ3v) is 4.44. The molecule has 2 nitrogen and oxygen atoms in total. The third kappa shape index (κ3) is 12.3. The van der Waals surface area contributed by atoms with Crippen molar-refractivity contribution in [1.82, 2.24) is 0 Å². The minimum Gasteiger partial charge on any atom is -0.550 e. The Labute approximate surface area is 117 Å². The molecule has 0 aromatic heterocycles. The second-order valence-corrected chi connectivity index (χ2v) is 6.20. The molecule has 0 saturated heterocycles. The fraction of sp³-hybridized carbons (Fsp3) is 0.933. The van der Waals surface area contributed by atoms with Crippen LogP contribution in [0.4, 0.5) is 0 Å². The van der Waals surface area contributed by atoms with E-state index in [-0.39, 0.29) is 6.42 Å². The molecule has 0 aliphatic carbocycles. The summed E-state index contributed by atoms with van der Waals surface area (Å²) in [6.45, 7) is 4.47. The summed E-state index contributed by atoms with van der Waals surface area (Å²) in [5.74, 6) is 1.70. The standard InChI is InChI=1S/C15H30O2S/c1-3-5-7-8-10-14(9-6-4-2)13-18-12-11-15(16)17/h14H,3-13H2,1-2H3,(H,16,17)/p-1. The number of carbonyl (C=O) groups excluding carboxylic acids is 1. The molecule has 18 heavy (non-hydrogen) atoms. The van der Waals surface area contributed by atoms with Crippen molar-refractivity contribution >= 4 is 17.7 Å². The van der Waals surface area contributed by atoms with Gasteiger partial charge in [-0.3, -0.25) is 0 Å². The van der Waals surface area contributed by atoms with Gasteiger partial charge in [-0.1, -0.05) is 52.4 Å². The molecule has 0 saturated carbocycles. The number of hydrogen-bond acceptors (Lipinski definition) is 3. The van der Waals surface area contributed by atoms with Gasteiger partial charge < -0.3 is 9.90 Å². The van der Waals surface area contributed by atoms with E-state index in [2.05, 4.69) is 13.8 Å². The maximum Gasteiger partial charge on any atom is 0.0422 e. The van der Waals surface area contributed by atoms with E-state index < -0.39 is 5.97 Å². The van der Waals surface area contributed by atoms with Crippen LogP contribution in [0.5, 0.6) is 0 Å². The third-order valence-electron chi connectivity index (χ3n) is 3.24. The average Bonchev–Trinajstić information content (AvgIpc) is 2.35. The Morgan fingerprint density at radius 2 is 1.72 bits per heavy atom. The molecule has 108 valence electrons. The molecule has 0 aliphatic rings. The van der Waals surface area contributed by atoms with Crippen molar-refractivity contribution in [3.05, 3.63) is 0 Å². The van der Waals surface area contributed by atoms with Crippen molar-refractivity contribution in [2.75, 3.05) is 11.5 Å². The summed E-state index contributed by atoms with van der Waals surface area (Å²) in [5, 5.41) is 10.3. The minimum atomic E-state index is -0.921. The van der Waals surface area contributed by atoms with Gasteiger partial charge in [0.1, 0.15) is 0 Å². The molecule has 0 spiro atoms. The summed E-state index contributed by atoms with van der Waals surface area (Å²) in [5.41, 5.74) is 0. The van der Waals surface area contributed by atoms with Gasteiger partial charge in [0, 0.05) is 5.97 Å². The van der Waals surface area contributed by atoms with Crippen LogP contribution < -0.4 is 5.11 Å². The van der Waals surface area contributed by atoms with E-state index in [4.69, 9.17) is 0 Å². The van der Waals surface area contributed by atoms with Crippen LogP contribution in [-0.4, -0.2) is 17.5 Å². The van der Waals surface area contributed by atoms with Crippen LogP contribution in [0, 0.1) is 5.92 Å². The molecule has 0 aliphatic heterocycles. The highest BCUT2D eigenvalue weighted by Gasteiger charge is 2.08. The van der Waals surface area contributed by atoms with Gasteiger partial charge in [0.25, 0.3) is 0 Å². The first kappa shape index (κ1) is 17.8. The van der Waals surface area contributed by atoms with Crippen molar-refractivity contribution in [2.45, 2.75) is 71.6 Å². The number of rotatable bonds is 13. The molecule has 0 radical (unpaired) electrons. The molecule has 0 amide bonds. The van der Waals surface area contributed by atoms with Gasteiger partial charge in [0.15, 0.2) is 0 Å². The Morgan fingerprint density at radius 3 is 2.33 bits per heavy atom. The van der Waals surface area contributed by atoms with Crippen LogP contribution in [0.25, 0.3) is 0 Å². The topological polar surface area (TPSA) is 40.1 Å². The van der Waals surface area contributed by atoms with Gasteiger partial charge in [0.2, 0.25) is 0 Å². The number of thioether (sulfide) groups is 1. The summed E-state index contributed by atoms with van der Waals surface area (Å²) in [4.78, 5) is 10.3. The lowest BCUT2D eigenvalue weighted by Gasteiger charge is -2.16. The maximum absolute atomic E-state index is 10.3. The largest absolute Gasteiger partial charge is 0.550 e. The zero-order valence-electron chi connectivity index (χ0n) is 12.1. The highest BCUT2D eigenvalue weighted by molar-refractivity contribution is 7.99. The van der Waals surface area contributed by atoms with Gasteiger partial charge >= 0.3 is 0 Å². The SMILES string of the molecule is CCCCCCC(CCCC)CSCCC(=O)[O-]. The number of carboxylic acid groups (broad SMARTS) is 1. The van der Waals surface area contributed by atoms with E-state index in [1.54, 1.807) is 11.8 Å². The van der Waals surface area contributed by atoms with E-state index in [9.17, 15) is 9.90 Å². The first-order valence-electron chi connectivity index (χ1n) is 7.48. The van der Waals surface area contributed by atoms with Gasteiger partial charge in [-0.15, -0.1) is 0 Å². The van der Waals surface area contributed by atoms with Gasteiger partial charge in [-0.2, -0.15) is 11.8 Å². The van der Waals surface area contributed by atoms with E-state index >= 15 is 0 Å². The number of hydrogen-bond donors (Lipinski definition) is 0. The highest BCUT2D eigenvalue weighted by atomic mass is 32.2. The molecule has 0 aromatic rings. The second kappa shape index (κ2) is 13.3. The van der Waals surface area contributed by atoms with Crippen molar-refractivity contribution in [3.8, 4) is 0 Å². The molecular weight excluding hydrogens is 244 g/mol. The predicted octanol–water partition coefficient (Wildman–Crippen LogP) is 3.64. The molecule has 0 rings (SSSR count). The minimum absolute atomic E-state index is 0.195. The Balaban J connectivity index is 3.65. The molecule has 0 N–H and O–H groups in total. The van der Waals surface area contributed by atoms with Crippen LogP contribution in [0.1, 0.15) is 71.6 Å². The van der Waals surface area contributed by atoms with Crippen LogP contribution in [0.15, 0.2) is 0 Å². The number of aliphatic carboxylic acids is 1. The Bertz CT molecular complexity index is 195. The summed E-state index contributed by atoms with van der Waals surface area (Å²) < 4.78 is 0. The van der Waals surface area contributed by atoms with Crippen molar-refractivity contribution in [3.63, 3.8) is 0 Å². The zero-order chi connectivity index (χ0) is 13.6. The molecule has 0 aromatic carbocycles. The Hall–Kier alpha value is -0.180. The predicted molar refractivity (Wildman–Crippen MR) is 78.7 cm³/mol. The van der Waals surface area contributed by atoms with Crippen LogP contribution in [0.2, 0.25) is 0 Å². The lowest BCUT2D eigenvalue weighted by atomic mass is 9.97. The summed E-state index contributed by atoms with van der Waals surface area (Å²) >= 11 is 1.78. The highest BCUT2D eigenvalue weighted by Crippen LogP contribution is 2.22. The molecule has 3 heteroatoms. The Morgan fingerprint density at radius 1 is 1.06 bits per heavy atom. The molecular formula is C15H29O2S-. The molecule has 0 fully saturated rings. The van der Waals surface area contributed by atoms with Crippen molar-refractivity contribution in [1.29, 1.82) is 0 Å². The van der Waals surface area contributed by atoms with E-state index in [0.29, 0.717) is 5.75 Å². The Kier molecular flexibility index (Phi) is 13.1. The lowest BCUT2D eigenvalue weighted by molar-refractivity contribution is -0.305. The van der Waals surface area contributed by atoms with Crippen molar-refractivity contribution in [2.24, 2.45) is 5.92 Å². The van der Waals surface area contributed by atoms with Crippen LogP contribution in [0.3, 0.4) is 0 Å². The fourth-order valence-electron chi connectivity index (χ4n) is 2.07. The van der Waals surface area contributed by atoms with E-state index in [1.807, 2.05) is 0 Å². The first-order chi connectivity index (χ1) is 8.70. The summed E-state index contributed by atoms with van der Waals surface area (Å²) in [7, 11) is 0. The van der Waals surface area contributed by atoms with Crippen LogP contribution in [-0.2, 0) is 4.79 Å². The van der Waals surface area contributed by atoms with Crippen molar-refractivity contribution < 1.29 is 9.90 Å². The van der Waals surface area contributed by atoms with Gasteiger partial charge in [-0.25, -0.2) is 0 Å². The molecule has 0 bridgehead atoms. The van der Waals surface area contributed by atoms with Crippen LogP contribution >= 0.6 is 11.8 Å². The van der Waals surface area contributed by atoms with Gasteiger partial charge in [-0.05, 0) is 36.7 Å². The average molecular weight is 273 g/mol. The molecule has 0 heterocycles. The maximum atomic E-state index is 10.3. The normalized spacial score (nSPS) is 12.6. The fourth-order valence-corrected chi connectivity index (χ4v) is 3.21. The number of carbonyl (C=O) groups is 1. The quantitative estimate of drug-likeness (QED) is 0.481. The second-order valence-electron chi connectivity index (χ2n) is 5.05. The van der Waals surface area contributed by atoms with E-state index in [0.717, 1.165) is 11.7 Å². The summed E-state index contributed by atoms with van der Waals surface area (Å²) in [6, 6.07) is 0. The summed E-state index contributed by atoms with van der Waals surface area (Å²) in [6.07, 6.45) is 10.7.